The number of alkyl carbamates (subject to hydrolysis) is 1. The minimum absolute atomic E-state index is 0.0822. The average Bonchev–Trinajstić information content (AvgIpc) is 3.39. The highest BCUT2D eigenvalue weighted by Crippen LogP contribution is 2.35. The Morgan fingerprint density at radius 1 is 1.26 bits per heavy atom. The van der Waals surface area contributed by atoms with Crippen molar-refractivity contribution in [3.63, 3.8) is 0 Å². The summed E-state index contributed by atoms with van der Waals surface area (Å²) in [5, 5.41) is 15.1. The van der Waals surface area contributed by atoms with Crippen LogP contribution in [0, 0.1) is 17.3 Å². The van der Waals surface area contributed by atoms with Crippen LogP contribution in [-0.2, 0) is 14.3 Å². The first-order valence-corrected chi connectivity index (χ1v) is 12.5. The van der Waals surface area contributed by atoms with Crippen molar-refractivity contribution in [2.75, 3.05) is 19.6 Å². The summed E-state index contributed by atoms with van der Waals surface area (Å²) in [5.41, 5.74) is 1.03. The lowest BCUT2D eigenvalue weighted by atomic mass is 9.85. The zero-order valence-corrected chi connectivity index (χ0v) is 20.4. The van der Waals surface area contributed by atoms with Gasteiger partial charge in [-0.3, -0.25) is 14.6 Å². The summed E-state index contributed by atoms with van der Waals surface area (Å²) in [4.78, 5) is 37.7. The van der Waals surface area contributed by atoms with E-state index in [1.807, 2.05) is 31.9 Å². The number of cyclic esters (lactones) is 1. The summed E-state index contributed by atoms with van der Waals surface area (Å²) in [6, 6.07) is -0.758. The largest absolute Gasteiger partial charge is 0.442 e. The van der Waals surface area contributed by atoms with Crippen molar-refractivity contribution in [2.24, 2.45) is 22.4 Å². The van der Waals surface area contributed by atoms with Crippen LogP contribution >= 0.6 is 0 Å². The molecule has 1 saturated carbocycles. The highest BCUT2D eigenvalue weighted by atomic mass is 16.6. The molecular formula is C25H37N5O4. The van der Waals surface area contributed by atoms with E-state index in [2.05, 4.69) is 28.1 Å². The summed E-state index contributed by atoms with van der Waals surface area (Å²) < 4.78 is 5.08. The van der Waals surface area contributed by atoms with E-state index in [1.54, 1.807) is 0 Å². The summed E-state index contributed by atoms with van der Waals surface area (Å²) in [6.45, 7) is 7.11. The molecule has 2 aliphatic heterocycles. The van der Waals surface area contributed by atoms with Crippen LogP contribution < -0.4 is 16.0 Å². The molecule has 0 spiro atoms. The van der Waals surface area contributed by atoms with Gasteiger partial charge in [0.25, 0.3) is 5.91 Å². The number of nitrogens with zero attached hydrogens (tertiary/aromatic N) is 2. The third-order valence-electron chi connectivity index (χ3n) is 7.03. The number of hydrogen-bond acceptors (Lipinski definition) is 6. The molecule has 0 radical (unpaired) electrons. The van der Waals surface area contributed by atoms with Crippen LogP contribution in [0.2, 0.25) is 0 Å². The number of carbonyl (C=O) groups is 3. The molecule has 0 aromatic rings. The van der Waals surface area contributed by atoms with E-state index in [-0.39, 0.29) is 24.3 Å². The molecule has 34 heavy (non-hydrogen) atoms. The lowest BCUT2D eigenvalue weighted by Crippen LogP contribution is -2.56. The van der Waals surface area contributed by atoms with Gasteiger partial charge in [0.15, 0.2) is 0 Å². The Kier molecular flexibility index (Phi) is 7.28. The van der Waals surface area contributed by atoms with Gasteiger partial charge in [-0.25, -0.2) is 4.79 Å². The molecule has 1 saturated heterocycles. The maximum Gasteiger partial charge on any atom is 0.407 e. The maximum absolute atomic E-state index is 13.4. The molecule has 3 amide bonds. The van der Waals surface area contributed by atoms with Gasteiger partial charge in [0.1, 0.15) is 17.9 Å². The van der Waals surface area contributed by atoms with Crippen molar-refractivity contribution in [3.05, 3.63) is 23.9 Å². The number of nitrogens with one attached hydrogen (secondary N) is 3. The van der Waals surface area contributed by atoms with Crippen molar-refractivity contribution in [3.8, 4) is 0 Å². The number of amides is 3. The average molecular weight is 472 g/mol. The fourth-order valence-electron chi connectivity index (χ4n) is 5.10. The van der Waals surface area contributed by atoms with E-state index in [4.69, 9.17) is 9.84 Å². The molecule has 0 aromatic carbocycles. The second-order valence-corrected chi connectivity index (χ2v) is 10.8. The summed E-state index contributed by atoms with van der Waals surface area (Å²) in [6.07, 6.45) is 12.2. The molecule has 4 rings (SSSR count). The molecule has 9 nitrogen and oxygen atoms in total. The molecule has 2 unspecified atom stereocenters. The third kappa shape index (κ3) is 5.62. The molecule has 3 atom stereocenters. The first-order valence-electron chi connectivity index (χ1n) is 12.5. The molecular weight excluding hydrogens is 434 g/mol. The van der Waals surface area contributed by atoms with Crippen LogP contribution in [0.3, 0.4) is 0 Å². The predicted octanol–water partition coefficient (Wildman–Crippen LogP) is 2.45. The number of rotatable bonds is 7. The number of allylic oxidation sites excluding steroid dienone is 4. The number of ether oxygens (including phenoxy) is 1. The molecule has 4 aliphatic rings. The van der Waals surface area contributed by atoms with Gasteiger partial charge in [0, 0.05) is 12.2 Å². The minimum Gasteiger partial charge on any atom is -0.442 e. The lowest BCUT2D eigenvalue weighted by molar-refractivity contribution is -0.129. The third-order valence-corrected chi connectivity index (χ3v) is 7.03. The van der Waals surface area contributed by atoms with E-state index >= 15 is 0 Å². The van der Waals surface area contributed by atoms with E-state index < -0.39 is 23.7 Å². The molecule has 2 heterocycles. The van der Waals surface area contributed by atoms with E-state index in [0.717, 1.165) is 18.7 Å². The fraction of sp³-hybridized carbons (Fsp3) is 0.680. The first-order chi connectivity index (χ1) is 16.2. The molecule has 0 aromatic heterocycles. The van der Waals surface area contributed by atoms with Crippen molar-refractivity contribution < 1.29 is 19.1 Å². The Labute approximate surface area is 201 Å². The molecule has 2 aliphatic carbocycles. The van der Waals surface area contributed by atoms with E-state index in [1.165, 1.54) is 32.1 Å². The number of fused-ring (bicyclic) bond motifs is 1. The first kappa shape index (κ1) is 24.3. The number of carbonyl (C=O) groups excluding carboxylic acids is 3. The molecule has 9 heteroatoms. The summed E-state index contributed by atoms with van der Waals surface area (Å²) in [7, 11) is 0. The summed E-state index contributed by atoms with van der Waals surface area (Å²) in [5.74, 6) is -0.0944. The monoisotopic (exact) mass is 471 g/mol. The number of hydrazone groups is 1. The van der Waals surface area contributed by atoms with E-state index in [9.17, 15) is 14.4 Å². The summed E-state index contributed by atoms with van der Waals surface area (Å²) >= 11 is 0. The zero-order chi connectivity index (χ0) is 24.3. The van der Waals surface area contributed by atoms with Gasteiger partial charge >= 0.3 is 6.09 Å². The van der Waals surface area contributed by atoms with Crippen LogP contribution in [-0.4, -0.2) is 60.4 Å². The quantitative estimate of drug-likeness (QED) is 0.528. The second-order valence-electron chi connectivity index (χ2n) is 10.8. The van der Waals surface area contributed by atoms with Gasteiger partial charge in [-0.1, -0.05) is 52.2 Å². The molecule has 2 fully saturated rings. The minimum atomic E-state index is -0.758. The Bertz CT molecular complexity index is 897. The van der Waals surface area contributed by atoms with Crippen LogP contribution in [0.15, 0.2) is 29.0 Å². The lowest BCUT2D eigenvalue weighted by Gasteiger charge is -2.31. The Balaban J connectivity index is 1.43. The van der Waals surface area contributed by atoms with Gasteiger partial charge in [-0.2, -0.15) is 5.10 Å². The zero-order valence-electron chi connectivity index (χ0n) is 20.4. The molecule has 0 bridgehead atoms. The topological polar surface area (TPSA) is 112 Å². The van der Waals surface area contributed by atoms with Crippen molar-refractivity contribution in [1.82, 2.24) is 21.0 Å². The molecule has 186 valence electrons. The van der Waals surface area contributed by atoms with Gasteiger partial charge in [0.05, 0.1) is 19.0 Å². The number of hydrogen-bond donors (Lipinski definition) is 3. The van der Waals surface area contributed by atoms with Crippen LogP contribution in [0.4, 0.5) is 4.79 Å². The Hall–Kier alpha value is -2.84. The SMILES string of the molecule is CC(C)(C)[C@H](NC(=O)C1=NN(CC2CCCCC2)C2=CC=CCC21)C(=O)NCC1CNC(=O)O1. The van der Waals surface area contributed by atoms with Crippen LogP contribution in [0.5, 0.6) is 0 Å². The standard InChI is InChI=1S/C25H37N5O4/c1-25(2,3)21(23(32)26-13-17-14-27-24(33)34-17)28-22(31)20-18-11-7-8-12-19(18)30(29-20)15-16-9-5-4-6-10-16/h7-8,12,16-18,21H,4-6,9-11,13-15H2,1-3H3,(H,26,32)(H,27,33)(H,28,31)/t17?,18?,21-/m1/s1. The van der Waals surface area contributed by atoms with E-state index in [0.29, 0.717) is 18.2 Å². The van der Waals surface area contributed by atoms with Gasteiger partial charge in [-0.15, -0.1) is 0 Å². The predicted molar refractivity (Wildman–Crippen MR) is 129 cm³/mol. The van der Waals surface area contributed by atoms with Crippen LogP contribution in [0.25, 0.3) is 0 Å². The smallest absolute Gasteiger partial charge is 0.407 e. The van der Waals surface area contributed by atoms with Crippen molar-refractivity contribution in [2.45, 2.75) is 71.4 Å². The maximum atomic E-state index is 13.4. The molecule has 3 N–H and O–H groups in total. The highest BCUT2D eigenvalue weighted by Gasteiger charge is 2.40. The van der Waals surface area contributed by atoms with Crippen LogP contribution in [0.1, 0.15) is 59.3 Å². The highest BCUT2D eigenvalue weighted by molar-refractivity contribution is 6.41. The normalized spacial score (nSPS) is 25.6. The Morgan fingerprint density at radius 3 is 2.71 bits per heavy atom. The second kappa shape index (κ2) is 10.2. The van der Waals surface area contributed by atoms with Gasteiger partial charge in [-0.05, 0) is 36.7 Å². The van der Waals surface area contributed by atoms with Crippen molar-refractivity contribution >= 4 is 23.6 Å². The van der Waals surface area contributed by atoms with Crippen molar-refractivity contribution in [1.29, 1.82) is 0 Å². The fourth-order valence-corrected chi connectivity index (χ4v) is 5.10. The van der Waals surface area contributed by atoms with Gasteiger partial charge in [0.2, 0.25) is 5.91 Å². The Morgan fingerprint density at radius 2 is 2.03 bits per heavy atom. The van der Waals surface area contributed by atoms with Gasteiger partial charge < -0.3 is 20.7 Å².